The Morgan fingerprint density at radius 2 is 1.64 bits per heavy atom. The third-order valence-corrected chi connectivity index (χ3v) is 4.00. The van der Waals surface area contributed by atoms with Crippen molar-refractivity contribution in [2.24, 2.45) is 0 Å². The van der Waals surface area contributed by atoms with Crippen LogP contribution < -0.4 is 0 Å². The highest BCUT2D eigenvalue weighted by Gasteiger charge is 2.11. The third-order valence-electron chi connectivity index (χ3n) is 2.08. The van der Waals surface area contributed by atoms with Crippen LogP contribution in [0.5, 0.6) is 0 Å². The number of allylic oxidation sites excluding steroid dienone is 2. The van der Waals surface area contributed by atoms with Gasteiger partial charge >= 0.3 is 0 Å². The summed E-state index contributed by atoms with van der Waals surface area (Å²) in [5.41, 5.74) is 0. The molecular weight excluding hydrogens is 208 g/mol. The van der Waals surface area contributed by atoms with Crippen molar-refractivity contribution in [1.29, 1.82) is 0 Å². The fourth-order valence-corrected chi connectivity index (χ4v) is 3.18. The van der Waals surface area contributed by atoms with Crippen molar-refractivity contribution < 1.29 is 0 Å². The molecule has 2 heterocycles. The lowest BCUT2D eigenvalue weighted by Crippen LogP contribution is -1.90. The normalized spacial score (nSPS) is 11.6. The van der Waals surface area contributed by atoms with Crippen molar-refractivity contribution in [3.8, 4) is 0 Å². The van der Waals surface area contributed by atoms with Gasteiger partial charge in [-0.2, -0.15) is 0 Å². The van der Waals surface area contributed by atoms with Gasteiger partial charge in [-0.05, 0) is 29.8 Å². The standard InChI is InChI=1S/C12H12S2/c1-2-5-10(11-6-3-8-13-11)12-7-4-9-14-12/h2-10H,1H3. The van der Waals surface area contributed by atoms with Crippen molar-refractivity contribution in [3.05, 3.63) is 56.9 Å². The Labute approximate surface area is 92.5 Å². The van der Waals surface area contributed by atoms with Crippen LogP contribution in [0.25, 0.3) is 0 Å². The molecule has 2 aromatic heterocycles. The first-order chi connectivity index (χ1) is 6.92. The van der Waals surface area contributed by atoms with Crippen LogP contribution in [-0.2, 0) is 0 Å². The molecule has 0 bridgehead atoms. The van der Waals surface area contributed by atoms with Crippen LogP contribution in [0.1, 0.15) is 22.6 Å². The van der Waals surface area contributed by atoms with Crippen LogP contribution >= 0.6 is 22.7 Å². The number of hydrogen-bond acceptors (Lipinski definition) is 2. The maximum Gasteiger partial charge on any atom is 0.0457 e. The van der Waals surface area contributed by atoms with E-state index in [0.29, 0.717) is 5.92 Å². The average molecular weight is 220 g/mol. The van der Waals surface area contributed by atoms with Crippen molar-refractivity contribution in [3.63, 3.8) is 0 Å². The first kappa shape index (κ1) is 9.69. The van der Waals surface area contributed by atoms with E-state index in [4.69, 9.17) is 0 Å². The molecule has 0 spiro atoms. The Hall–Kier alpha value is -0.860. The highest BCUT2D eigenvalue weighted by molar-refractivity contribution is 7.11. The zero-order valence-electron chi connectivity index (χ0n) is 8.01. The van der Waals surface area contributed by atoms with Gasteiger partial charge in [-0.15, -0.1) is 22.7 Å². The summed E-state index contributed by atoms with van der Waals surface area (Å²) in [4.78, 5) is 2.84. The summed E-state index contributed by atoms with van der Waals surface area (Å²) in [6.45, 7) is 2.08. The van der Waals surface area contributed by atoms with E-state index in [-0.39, 0.29) is 0 Å². The van der Waals surface area contributed by atoms with Gasteiger partial charge in [-0.3, -0.25) is 0 Å². The molecule has 0 amide bonds. The number of thiophene rings is 2. The lowest BCUT2D eigenvalue weighted by atomic mass is 10.1. The summed E-state index contributed by atoms with van der Waals surface area (Å²) in [5.74, 6) is 0.458. The minimum absolute atomic E-state index is 0.458. The summed E-state index contributed by atoms with van der Waals surface area (Å²) < 4.78 is 0. The molecule has 14 heavy (non-hydrogen) atoms. The molecule has 2 heteroatoms. The van der Waals surface area contributed by atoms with E-state index in [1.165, 1.54) is 9.75 Å². The monoisotopic (exact) mass is 220 g/mol. The Kier molecular flexibility index (Phi) is 3.17. The van der Waals surface area contributed by atoms with Crippen LogP contribution in [0, 0.1) is 0 Å². The van der Waals surface area contributed by atoms with Gasteiger partial charge in [0, 0.05) is 15.7 Å². The molecule has 0 aliphatic heterocycles. The molecule has 0 aliphatic carbocycles. The first-order valence-electron chi connectivity index (χ1n) is 4.61. The zero-order chi connectivity index (χ0) is 9.80. The summed E-state index contributed by atoms with van der Waals surface area (Å²) >= 11 is 3.65. The molecule has 0 atom stereocenters. The van der Waals surface area contributed by atoms with E-state index >= 15 is 0 Å². The van der Waals surface area contributed by atoms with Gasteiger partial charge in [0.25, 0.3) is 0 Å². The van der Waals surface area contributed by atoms with Crippen LogP contribution in [0.15, 0.2) is 47.2 Å². The van der Waals surface area contributed by atoms with Crippen molar-refractivity contribution in [1.82, 2.24) is 0 Å². The van der Waals surface area contributed by atoms with E-state index < -0.39 is 0 Å². The van der Waals surface area contributed by atoms with E-state index in [9.17, 15) is 0 Å². The van der Waals surface area contributed by atoms with Crippen LogP contribution in [0.3, 0.4) is 0 Å². The van der Waals surface area contributed by atoms with E-state index in [2.05, 4.69) is 54.1 Å². The molecule has 0 N–H and O–H groups in total. The minimum Gasteiger partial charge on any atom is -0.148 e. The Morgan fingerprint density at radius 1 is 1.07 bits per heavy atom. The molecule has 0 unspecified atom stereocenters. The molecule has 0 saturated carbocycles. The second kappa shape index (κ2) is 4.58. The topological polar surface area (TPSA) is 0 Å². The fourth-order valence-electron chi connectivity index (χ4n) is 1.46. The summed E-state index contributed by atoms with van der Waals surface area (Å²) in [6, 6.07) is 8.64. The van der Waals surface area contributed by atoms with E-state index in [1.807, 2.05) is 22.7 Å². The van der Waals surface area contributed by atoms with Crippen molar-refractivity contribution in [2.75, 3.05) is 0 Å². The van der Waals surface area contributed by atoms with Crippen LogP contribution in [-0.4, -0.2) is 0 Å². The predicted molar refractivity (Wildman–Crippen MR) is 65.3 cm³/mol. The molecule has 0 nitrogen and oxygen atoms in total. The molecule has 2 aromatic rings. The molecule has 0 fully saturated rings. The molecule has 0 aliphatic rings. The lowest BCUT2D eigenvalue weighted by molar-refractivity contribution is 1.09. The van der Waals surface area contributed by atoms with Gasteiger partial charge < -0.3 is 0 Å². The quantitative estimate of drug-likeness (QED) is 0.667. The highest BCUT2D eigenvalue weighted by Crippen LogP contribution is 2.32. The predicted octanol–water partition coefficient (Wildman–Crippen LogP) is 4.52. The first-order valence-corrected chi connectivity index (χ1v) is 6.37. The van der Waals surface area contributed by atoms with Gasteiger partial charge in [0.05, 0.1) is 0 Å². The van der Waals surface area contributed by atoms with Crippen LogP contribution in [0.4, 0.5) is 0 Å². The van der Waals surface area contributed by atoms with E-state index in [0.717, 1.165) is 0 Å². The molecule has 0 saturated heterocycles. The van der Waals surface area contributed by atoms with Crippen molar-refractivity contribution in [2.45, 2.75) is 12.8 Å². The number of rotatable bonds is 3. The highest BCUT2D eigenvalue weighted by atomic mass is 32.1. The van der Waals surface area contributed by atoms with Crippen LogP contribution in [0.2, 0.25) is 0 Å². The maximum atomic E-state index is 2.26. The summed E-state index contributed by atoms with van der Waals surface area (Å²) in [6.07, 6.45) is 4.39. The van der Waals surface area contributed by atoms with E-state index in [1.54, 1.807) is 0 Å². The maximum absolute atomic E-state index is 2.26. The summed E-state index contributed by atoms with van der Waals surface area (Å²) in [7, 11) is 0. The van der Waals surface area contributed by atoms with Gasteiger partial charge in [0.15, 0.2) is 0 Å². The Morgan fingerprint density at radius 3 is 2.00 bits per heavy atom. The second-order valence-corrected chi connectivity index (χ2v) is 4.99. The fraction of sp³-hybridized carbons (Fsp3) is 0.167. The summed E-state index contributed by atoms with van der Waals surface area (Å²) in [5, 5.41) is 4.28. The van der Waals surface area contributed by atoms with Crippen molar-refractivity contribution >= 4 is 22.7 Å². The molecule has 72 valence electrons. The average Bonchev–Trinajstić information content (AvgIpc) is 2.87. The van der Waals surface area contributed by atoms with Gasteiger partial charge in [-0.1, -0.05) is 24.3 Å². The zero-order valence-corrected chi connectivity index (χ0v) is 9.65. The Balaban J connectivity index is 2.34. The minimum atomic E-state index is 0.458. The molecular formula is C12H12S2. The molecule has 0 radical (unpaired) electrons. The van der Waals surface area contributed by atoms with Gasteiger partial charge in [0.2, 0.25) is 0 Å². The lowest BCUT2D eigenvalue weighted by Gasteiger charge is -2.07. The van der Waals surface area contributed by atoms with Gasteiger partial charge in [0.1, 0.15) is 0 Å². The molecule has 0 aromatic carbocycles. The Bertz CT molecular complexity index is 348. The smallest absolute Gasteiger partial charge is 0.0457 e. The third kappa shape index (κ3) is 1.97. The second-order valence-electron chi connectivity index (χ2n) is 3.03. The molecule has 2 rings (SSSR count). The largest absolute Gasteiger partial charge is 0.148 e. The number of hydrogen-bond donors (Lipinski definition) is 0. The van der Waals surface area contributed by atoms with Gasteiger partial charge in [-0.25, -0.2) is 0 Å². The SMILES string of the molecule is CC=CC(c1cccs1)c1cccs1.